The molecule has 2 fully saturated rings. The van der Waals surface area contributed by atoms with Crippen LogP contribution >= 0.6 is 0 Å². The average molecular weight is 1020 g/mol. The third kappa shape index (κ3) is 6.10. The Balaban J connectivity index is 1.08. The summed E-state index contributed by atoms with van der Waals surface area (Å²) in [6, 6.07) is 51.6. The second-order valence-corrected chi connectivity index (χ2v) is 31.4. The Hall–Kier alpha value is -7.08. The van der Waals surface area contributed by atoms with Gasteiger partial charge < -0.3 is 8.80 Å². The molecule has 0 spiro atoms. The third-order valence-electron chi connectivity index (χ3n) is 21.0. The Morgan fingerprint density at radius 1 is 0.390 bits per heavy atom. The molecule has 18 rings (SSSR count). The maximum absolute atomic E-state index is 14.7. The summed E-state index contributed by atoms with van der Waals surface area (Å²) < 4.78 is 5.13. The Kier molecular flexibility index (Phi) is 9.71. The molecule has 380 valence electrons. The van der Waals surface area contributed by atoms with Crippen molar-refractivity contribution in [3.05, 3.63) is 161 Å². The van der Waals surface area contributed by atoms with Crippen molar-refractivity contribution in [3.63, 3.8) is 0 Å². The molecule has 0 N–H and O–H groups in total. The molecule has 5 heteroatoms. The number of nitrogens with zero attached hydrogens (tertiary/aromatic N) is 2. The Morgan fingerprint density at radius 3 is 1.16 bits per heavy atom. The van der Waals surface area contributed by atoms with E-state index in [0.29, 0.717) is 40.0 Å². The van der Waals surface area contributed by atoms with Crippen LogP contribution in [-0.2, 0) is 0 Å². The monoisotopic (exact) mass is 1020 g/mol. The van der Waals surface area contributed by atoms with Gasteiger partial charge in [0.15, 0.2) is 11.6 Å². The van der Waals surface area contributed by atoms with Crippen molar-refractivity contribution < 1.29 is 9.59 Å². The molecule has 77 heavy (non-hydrogen) atoms. The van der Waals surface area contributed by atoms with E-state index in [9.17, 15) is 9.59 Å². The number of carbonyl (C=O) groups is 2. The van der Waals surface area contributed by atoms with Crippen LogP contribution in [0.3, 0.4) is 0 Å². The van der Waals surface area contributed by atoms with E-state index in [1.54, 1.807) is 5.19 Å². The van der Waals surface area contributed by atoms with Crippen molar-refractivity contribution in [2.45, 2.75) is 128 Å². The second-order valence-electron chi connectivity index (χ2n) is 25.5. The van der Waals surface area contributed by atoms with Gasteiger partial charge in [0, 0.05) is 66.1 Å². The molecule has 4 heterocycles. The molecule has 2 saturated carbocycles. The van der Waals surface area contributed by atoms with Gasteiger partial charge in [-0.15, -0.1) is 0 Å². The average Bonchev–Trinajstić information content (AvgIpc) is 4.28. The number of hydrogen-bond donors (Lipinski definition) is 0. The zero-order chi connectivity index (χ0) is 52.1. The van der Waals surface area contributed by atoms with Gasteiger partial charge in [0.2, 0.25) is 0 Å². The Bertz CT molecular complexity index is 4420. The number of Topliss-reactive ketones (excluding diaryl/α,β-unsaturated/α-hetero) is 2. The molecule has 0 unspecified atom stereocenters. The maximum Gasteiger partial charge on any atom is 0.166 e. The molecule has 0 atom stereocenters. The van der Waals surface area contributed by atoms with Crippen LogP contribution in [0.2, 0.25) is 16.6 Å². The van der Waals surface area contributed by atoms with Gasteiger partial charge >= 0.3 is 0 Å². The molecule has 8 aromatic carbocycles. The van der Waals surface area contributed by atoms with E-state index in [1.165, 1.54) is 115 Å². The molecular weight excluding hydrogens is 953 g/mol. The van der Waals surface area contributed by atoms with Crippen LogP contribution in [0.25, 0.3) is 110 Å². The lowest BCUT2D eigenvalue weighted by Gasteiger charge is -2.43. The van der Waals surface area contributed by atoms with E-state index in [0.717, 1.165) is 73.5 Å². The number of aromatic nitrogens is 2. The highest BCUT2D eigenvalue weighted by atomic mass is 28.3. The second kappa shape index (κ2) is 16.2. The molecule has 0 radical (unpaired) electrons. The van der Waals surface area contributed by atoms with Crippen molar-refractivity contribution in [3.8, 4) is 33.4 Å². The highest BCUT2D eigenvalue weighted by molar-refractivity contribution is 6.95. The molecule has 6 aliphatic carbocycles. The van der Waals surface area contributed by atoms with Crippen LogP contribution in [0.4, 0.5) is 0 Å². The highest BCUT2D eigenvalue weighted by Crippen LogP contribution is 2.53. The molecule has 0 aliphatic heterocycles. The van der Waals surface area contributed by atoms with Crippen LogP contribution in [0, 0.1) is 18.8 Å². The first-order valence-corrected chi connectivity index (χ1v) is 31.5. The summed E-state index contributed by atoms with van der Waals surface area (Å²) in [5.74, 6) is 1.77. The first-order chi connectivity index (χ1) is 37.4. The smallest absolute Gasteiger partial charge is 0.166 e. The van der Waals surface area contributed by atoms with Crippen molar-refractivity contribution in [1.82, 2.24) is 8.80 Å². The number of carbonyl (C=O) groups excluding carboxylic acids is 2. The maximum atomic E-state index is 14.7. The zero-order valence-corrected chi connectivity index (χ0v) is 46.6. The quantitative estimate of drug-likeness (QED) is 0.149. The van der Waals surface area contributed by atoms with Crippen LogP contribution in [0.5, 0.6) is 0 Å². The highest BCUT2D eigenvalue weighted by Gasteiger charge is 2.45. The van der Waals surface area contributed by atoms with Crippen LogP contribution in [0.1, 0.15) is 142 Å². The summed E-state index contributed by atoms with van der Waals surface area (Å²) in [4.78, 5) is 29.3. The SMILES string of the molecule is Cc1cc(-c2ccccc2)c(-c2cc3c4cc5c(cc4n4c6cc7c8cc([Si](C(C)C)(C(C)C)C(C)C)cc9c%10cc%11c(cc%10n(c7cc6c(c2)c34)c98)C(=O)C2CCC%11CC2)C(=O)C2CCC5CC2)c(-c2ccccc2)c1. The number of fused-ring (bicyclic) bond motifs is 16. The first kappa shape index (κ1) is 46.1. The molecule has 6 aliphatic rings. The summed E-state index contributed by atoms with van der Waals surface area (Å²) in [6.07, 6.45) is 8.35. The fourth-order valence-electron chi connectivity index (χ4n) is 17.8. The zero-order valence-electron chi connectivity index (χ0n) is 45.6. The number of rotatable bonds is 7. The lowest BCUT2D eigenvalue weighted by atomic mass is 9.82. The summed E-state index contributed by atoms with van der Waals surface area (Å²) in [6.45, 7) is 17.2. The normalized spacial score (nSPS) is 19.9. The fourth-order valence-corrected chi connectivity index (χ4v) is 24.5. The number of hydrogen-bond acceptors (Lipinski definition) is 2. The van der Waals surface area contributed by atoms with Gasteiger partial charge in [0.05, 0.1) is 41.2 Å². The Morgan fingerprint density at radius 2 is 0.753 bits per heavy atom. The van der Waals surface area contributed by atoms with Crippen LogP contribution in [-0.4, -0.2) is 28.4 Å². The van der Waals surface area contributed by atoms with Crippen molar-refractivity contribution in [1.29, 1.82) is 0 Å². The minimum absolute atomic E-state index is 0.109. The minimum atomic E-state index is -2.16. The van der Waals surface area contributed by atoms with E-state index in [1.807, 2.05) is 0 Å². The molecule has 0 amide bonds. The van der Waals surface area contributed by atoms with Gasteiger partial charge in [-0.05, 0) is 185 Å². The molecule has 4 nitrogen and oxygen atoms in total. The molecule has 4 bridgehead atoms. The van der Waals surface area contributed by atoms with Gasteiger partial charge in [-0.25, -0.2) is 0 Å². The number of ketones is 2. The molecular formula is C72H66N2O2Si. The fraction of sp³-hybridized carbons (Fsp3) is 0.306. The molecule has 0 saturated heterocycles. The summed E-state index contributed by atoms with van der Waals surface area (Å²) in [7, 11) is -2.16. The Labute approximate surface area is 451 Å². The largest absolute Gasteiger partial charge is 0.308 e. The first-order valence-electron chi connectivity index (χ1n) is 29.3. The molecule has 12 aromatic rings. The number of benzene rings is 8. The predicted molar refractivity (Wildman–Crippen MR) is 326 cm³/mol. The summed E-state index contributed by atoms with van der Waals surface area (Å²) in [5.41, 5.74) is 21.8. The standard InChI is InChI=1S/C72H66N2O2Si/c1-38(2)77(39(3)4,40(5)6)49-30-60-55-33-51-45-20-24-47(25-21-45)72(76)63(51)37-67(55)74-65-34-56-59-29-48(68-52(42-14-10-8-11-15-42)26-41(7)27-53(68)43-16-12-9-13-17-43)28-58-54-32-50-44-18-22-46(23-19-44)71(75)62(50)36-66(54)73(69(58)59)64(56)35-57(65)61(31-49)70(60)74/h8-17,26-40,44-47H,18-25H2,1-7H3. The lowest BCUT2D eigenvalue weighted by molar-refractivity contribution is 0.0891. The van der Waals surface area contributed by atoms with E-state index in [4.69, 9.17) is 0 Å². The summed E-state index contributed by atoms with van der Waals surface area (Å²) >= 11 is 0. The van der Waals surface area contributed by atoms with Gasteiger partial charge in [0.25, 0.3) is 0 Å². The predicted octanol–water partition coefficient (Wildman–Crippen LogP) is 19.1. The van der Waals surface area contributed by atoms with Crippen LogP contribution in [0.15, 0.2) is 133 Å². The van der Waals surface area contributed by atoms with Crippen molar-refractivity contribution >= 4 is 101 Å². The van der Waals surface area contributed by atoms with Gasteiger partial charge in [-0.2, -0.15) is 0 Å². The van der Waals surface area contributed by atoms with E-state index >= 15 is 0 Å². The van der Waals surface area contributed by atoms with Crippen molar-refractivity contribution in [2.75, 3.05) is 0 Å². The topological polar surface area (TPSA) is 43.0 Å². The van der Waals surface area contributed by atoms with E-state index < -0.39 is 8.07 Å². The number of aryl methyl sites for hydroxylation is 1. The minimum Gasteiger partial charge on any atom is -0.308 e. The molecule has 4 aromatic heterocycles. The van der Waals surface area contributed by atoms with Crippen molar-refractivity contribution in [2.24, 2.45) is 11.8 Å². The van der Waals surface area contributed by atoms with E-state index in [-0.39, 0.29) is 11.8 Å². The van der Waals surface area contributed by atoms with E-state index in [2.05, 4.69) is 191 Å². The van der Waals surface area contributed by atoms with Gasteiger partial charge in [-0.1, -0.05) is 132 Å². The van der Waals surface area contributed by atoms with Gasteiger partial charge in [-0.3, -0.25) is 9.59 Å². The third-order valence-corrected chi connectivity index (χ3v) is 28.0. The van der Waals surface area contributed by atoms with Crippen LogP contribution < -0.4 is 5.19 Å². The summed E-state index contributed by atoms with van der Waals surface area (Å²) in [5, 5.41) is 11.7. The lowest BCUT2D eigenvalue weighted by Crippen LogP contribution is -2.55. The van der Waals surface area contributed by atoms with Gasteiger partial charge in [0.1, 0.15) is 0 Å².